The van der Waals surface area contributed by atoms with Gasteiger partial charge in [-0.05, 0) is 43.0 Å². The van der Waals surface area contributed by atoms with Crippen molar-refractivity contribution in [2.45, 2.75) is 32.7 Å². The van der Waals surface area contributed by atoms with E-state index in [2.05, 4.69) is 5.32 Å². The summed E-state index contributed by atoms with van der Waals surface area (Å²) in [5.41, 5.74) is 7.50. The van der Waals surface area contributed by atoms with Gasteiger partial charge in [0.25, 0.3) is 0 Å². The van der Waals surface area contributed by atoms with Crippen molar-refractivity contribution in [1.29, 1.82) is 0 Å². The number of hydrogen-bond donors (Lipinski definition) is 3. The lowest BCUT2D eigenvalue weighted by Crippen LogP contribution is -2.38. The van der Waals surface area contributed by atoms with Crippen molar-refractivity contribution >= 4 is 11.7 Å². The predicted octanol–water partition coefficient (Wildman–Crippen LogP) is 1.91. The highest BCUT2D eigenvalue weighted by molar-refractivity contribution is 5.73. The topological polar surface area (TPSA) is 84.6 Å². The van der Waals surface area contributed by atoms with Crippen LogP contribution in [-0.4, -0.2) is 30.8 Å². The van der Waals surface area contributed by atoms with Crippen molar-refractivity contribution in [1.82, 2.24) is 5.32 Å². The zero-order valence-corrected chi connectivity index (χ0v) is 12.3. The van der Waals surface area contributed by atoms with E-state index in [-0.39, 0.29) is 0 Å². The van der Waals surface area contributed by atoms with Crippen LogP contribution >= 0.6 is 0 Å². The highest BCUT2D eigenvalue weighted by Gasteiger charge is 2.17. The van der Waals surface area contributed by atoms with Gasteiger partial charge in [0.2, 0.25) is 0 Å². The molecular formula is C15H24N2O3. The van der Waals surface area contributed by atoms with Crippen LogP contribution in [0.1, 0.15) is 25.8 Å². The summed E-state index contributed by atoms with van der Waals surface area (Å²) in [5.74, 6) is 0.207. The smallest absolute Gasteiger partial charge is 0.320 e. The van der Waals surface area contributed by atoms with E-state index in [1.807, 2.05) is 32.0 Å². The average molecular weight is 280 g/mol. The number of nitrogens with two attached hydrogens (primary N) is 1. The number of ether oxygens (including phenoxy) is 1. The zero-order chi connectivity index (χ0) is 15.1. The maximum Gasteiger partial charge on any atom is 0.320 e. The SMILES string of the molecule is COc1ccc(CCNC(CC(C)C)C(=O)O)cc1N. The van der Waals surface area contributed by atoms with Gasteiger partial charge in [0.1, 0.15) is 11.8 Å². The van der Waals surface area contributed by atoms with Gasteiger partial charge in [0, 0.05) is 0 Å². The number of rotatable bonds is 8. The number of carboxylic acid groups (broad SMARTS) is 1. The largest absolute Gasteiger partial charge is 0.495 e. The van der Waals surface area contributed by atoms with E-state index in [9.17, 15) is 4.79 Å². The predicted molar refractivity (Wildman–Crippen MR) is 80.0 cm³/mol. The molecule has 0 spiro atoms. The fourth-order valence-corrected chi connectivity index (χ4v) is 2.07. The summed E-state index contributed by atoms with van der Waals surface area (Å²) in [7, 11) is 1.58. The van der Waals surface area contributed by atoms with Crippen LogP contribution in [0.25, 0.3) is 0 Å². The Labute approximate surface area is 120 Å². The van der Waals surface area contributed by atoms with Crippen LogP contribution in [0, 0.1) is 5.92 Å². The minimum absolute atomic E-state index is 0.347. The third-order valence-corrected chi connectivity index (χ3v) is 3.10. The lowest BCUT2D eigenvalue weighted by atomic mass is 10.0. The lowest BCUT2D eigenvalue weighted by Gasteiger charge is -2.16. The second kappa shape index (κ2) is 7.75. The molecular weight excluding hydrogens is 256 g/mol. The highest BCUT2D eigenvalue weighted by atomic mass is 16.5. The van der Waals surface area contributed by atoms with E-state index in [1.165, 1.54) is 0 Å². The van der Waals surface area contributed by atoms with Crippen LogP contribution in [0.15, 0.2) is 18.2 Å². The van der Waals surface area contributed by atoms with Gasteiger partial charge in [-0.25, -0.2) is 0 Å². The minimum atomic E-state index is -0.798. The summed E-state index contributed by atoms with van der Waals surface area (Å²) in [4.78, 5) is 11.1. The molecule has 0 aliphatic rings. The van der Waals surface area contributed by atoms with Crippen molar-refractivity contribution in [3.05, 3.63) is 23.8 Å². The Morgan fingerprint density at radius 1 is 1.45 bits per heavy atom. The van der Waals surface area contributed by atoms with Crippen LogP contribution in [0.5, 0.6) is 5.75 Å². The Morgan fingerprint density at radius 2 is 2.15 bits per heavy atom. The molecule has 0 saturated carbocycles. The van der Waals surface area contributed by atoms with Gasteiger partial charge >= 0.3 is 5.97 Å². The van der Waals surface area contributed by atoms with E-state index in [1.54, 1.807) is 7.11 Å². The quantitative estimate of drug-likeness (QED) is 0.633. The summed E-state index contributed by atoms with van der Waals surface area (Å²) in [6.07, 6.45) is 1.36. The normalized spacial score (nSPS) is 12.4. The molecule has 20 heavy (non-hydrogen) atoms. The summed E-state index contributed by atoms with van der Waals surface area (Å²) in [6.45, 7) is 4.64. The number of carbonyl (C=O) groups is 1. The number of benzene rings is 1. The second-order valence-electron chi connectivity index (χ2n) is 5.30. The summed E-state index contributed by atoms with van der Waals surface area (Å²) in [5, 5.41) is 12.2. The molecule has 0 aliphatic heterocycles. The van der Waals surface area contributed by atoms with Crippen molar-refractivity contribution in [3.63, 3.8) is 0 Å². The molecule has 0 bridgehead atoms. The molecule has 0 heterocycles. The molecule has 0 saturated heterocycles. The summed E-state index contributed by atoms with van der Waals surface area (Å²) in [6, 6.07) is 5.13. The molecule has 0 aliphatic carbocycles. The Kier molecular flexibility index (Phi) is 6.31. The van der Waals surface area contributed by atoms with Crippen molar-refractivity contribution in [2.24, 2.45) is 5.92 Å². The molecule has 5 nitrogen and oxygen atoms in total. The van der Waals surface area contributed by atoms with Gasteiger partial charge < -0.3 is 20.9 Å². The average Bonchev–Trinajstić information content (AvgIpc) is 2.37. The van der Waals surface area contributed by atoms with Crippen LogP contribution in [0.3, 0.4) is 0 Å². The number of hydrogen-bond acceptors (Lipinski definition) is 4. The highest BCUT2D eigenvalue weighted by Crippen LogP contribution is 2.21. The Hall–Kier alpha value is -1.75. The van der Waals surface area contributed by atoms with E-state index in [0.29, 0.717) is 30.3 Å². The first-order valence-corrected chi connectivity index (χ1v) is 6.82. The third-order valence-electron chi connectivity index (χ3n) is 3.10. The first-order valence-electron chi connectivity index (χ1n) is 6.82. The molecule has 1 rings (SSSR count). The number of aliphatic carboxylic acids is 1. The first-order chi connectivity index (χ1) is 9.43. The number of methoxy groups -OCH3 is 1. The van der Waals surface area contributed by atoms with Crippen LogP contribution in [-0.2, 0) is 11.2 Å². The number of anilines is 1. The van der Waals surface area contributed by atoms with Gasteiger partial charge in [-0.2, -0.15) is 0 Å². The standard InChI is InChI=1S/C15H24N2O3/c1-10(2)8-13(15(18)19)17-7-6-11-4-5-14(20-3)12(16)9-11/h4-5,9-10,13,17H,6-8,16H2,1-3H3,(H,18,19). The number of nitrogens with one attached hydrogen (secondary N) is 1. The molecule has 1 aromatic carbocycles. The second-order valence-corrected chi connectivity index (χ2v) is 5.30. The van der Waals surface area contributed by atoms with Gasteiger partial charge in [0.15, 0.2) is 0 Å². The van der Waals surface area contributed by atoms with Gasteiger partial charge in [0.05, 0.1) is 12.8 Å². The molecule has 0 aromatic heterocycles. The molecule has 1 unspecified atom stereocenters. The Morgan fingerprint density at radius 3 is 2.65 bits per heavy atom. The number of carboxylic acids is 1. The maximum atomic E-state index is 11.1. The van der Waals surface area contributed by atoms with Crippen molar-refractivity contribution < 1.29 is 14.6 Å². The summed E-state index contributed by atoms with van der Waals surface area (Å²) >= 11 is 0. The zero-order valence-electron chi connectivity index (χ0n) is 12.3. The molecule has 4 N–H and O–H groups in total. The molecule has 1 aromatic rings. The Balaban J connectivity index is 2.50. The Bertz CT molecular complexity index is 447. The number of nitrogen functional groups attached to an aromatic ring is 1. The molecule has 0 amide bonds. The van der Waals surface area contributed by atoms with Crippen LogP contribution in [0.4, 0.5) is 5.69 Å². The molecule has 0 radical (unpaired) electrons. The van der Waals surface area contributed by atoms with E-state index in [0.717, 1.165) is 12.0 Å². The third kappa shape index (κ3) is 5.09. The van der Waals surface area contributed by atoms with Crippen LogP contribution in [0.2, 0.25) is 0 Å². The minimum Gasteiger partial charge on any atom is -0.495 e. The monoisotopic (exact) mass is 280 g/mol. The van der Waals surface area contributed by atoms with E-state index < -0.39 is 12.0 Å². The van der Waals surface area contributed by atoms with Crippen molar-refractivity contribution in [2.75, 3.05) is 19.4 Å². The molecule has 0 fully saturated rings. The molecule has 1 atom stereocenters. The fourth-order valence-electron chi connectivity index (χ4n) is 2.07. The van der Waals surface area contributed by atoms with E-state index >= 15 is 0 Å². The van der Waals surface area contributed by atoms with Gasteiger partial charge in [-0.1, -0.05) is 19.9 Å². The maximum absolute atomic E-state index is 11.1. The molecule has 5 heteroatoms. The van der Waals surface area contributed by atoms with Crippen LogP contribution < -0.4 is 15.8 Å². The lowest BCUT2D eigenvalue weighted by molar-refractivity contribution is -0.139. The first kappa shape index (κ1) is 16.3. The van der Waals surface area contributed by atoms with Gasteiger partial charge in [-0.3, -0.25) is 4.79 Å². The van der Waals surface area contributed by atoms with E-state index in [4.69, 9.17) is 15.6 Å². The fraction of sp³-hybridized carbons (Fsp3) is 0.533. The summed E-state index contributed by atoms with van der Waals surface area (Å²) < 4.78 is 5.10. The molecule has 112 valence electrons. The van der Waals surface area contributed by atoms with Crippen molar-refractivity contribution in [3.8, 4) is 5.75 Å². The van der Waals surface area contributed by atoms with Gasteiger partial charge in [-0.15, -0.1) is 0 Å².